The van der Waals surface area contributed by atoms with Crippen LogP contribution >= 0.6 is 0 Å². The summed E-state index contributed by atoms with van der Waals surface area (Å²) in [6.45, 7) is 9.65. The maximum absolute atomic E-state index is 12.5. The molecule has 0 aromatic carbocycles. The third-order valence-electron chi connectivity index (χ3n) is 7.59. The van der Waals surface area contributed by atoms with E-state index >= 15 is 0 Å². The number of esters is 3. The largest absolute Gasteiger partial charge is 0.462 e. The summed E-state index contributed by atoms with van der Waals surface area (Å²) in [6.07, 6.45) is 0.961. The fraction of sp³-hybridized carbons (Fsp3) is 0.708. The zero-order valence-electron chi connectivity index (χ0n) is 19.6. The van der Waals surface area contributed by atoms with Gasteiger partial charge in [-0.3, -0.25) is 14.4 Å². The molecule has 2 N–H and O–H groups in total. The average Bonchev–Trinajstić information content (AvgIpc) is 2.90. The van der Waals surface area contributed by atoms with Crippen molar-refractivity contribution in [3.63, 3.8) is 0 Å². The molecular formula is C24H34O8. The lowest BCUT2D eigenvalue weighted by atomic mass is 9.56. The monoisotopic (exact) mass is 450 g/mol. The van der Waals surface area contributed by atoms with Gasteiger partial charge in [-0.1, -0.05) is 24.1 Å². The zero-order chi connectivity index (χ0) is 24.0. The Morgan fingerprint density at radius 1 is 1.16 bits per heavy atom. The molecule has 178 valence electrons. The Bertz CT molecular complexity index is 860. The fourth-order valence-corrected chi connectivity index (χ4v) is 5.75. The first-order valence-electron chi connectivity index (χ1n) is 11.1. The van der Waals surface area contributed by atoms with Crippen molar-refractivity contribution >= 4 is 17.9 Å². The van der Waals surface area contributed by atoms with Crippen LogP contribution in [0.2, 0.25) is 0 Å². The van der Waals surface area contributed by atoms with Gasteiger partial charge in [0.25, 0.3) is 0 Å². The van der Waals surface area contributed by atoms with Gasteiger partial charge >= 0.3 is 17.9 Å². The molecule has 1 saturated heterocycles. The smallest absolute Gasteiger partial charge is 0.312 e. The van der Waals surface area contributed by atoms with Gasteiger partial charge in [-0.05, 0) is 39.7 Å². The quantitative estimate of drug-likeness (QED) is 0.373. The van der Waals surface area contributed by atoms with Gasteiger partial charge in [0.15, 0.2) is 6.10 Å². The van der Waals surface area contributed by atoms with Gasteiger partial charge in [0.2, 0.25) is 0 Å². The number of hydrogen-bond donors (Lipinski definition) is 2. The van der Waals surface area contributed by atoms with Crippen LogP contribution in [0.1, 0.15) is 60.8 Å². The summed E-state index contributed by atoms with van der Waals surface area (Å²) in [5.74, 6) is -3.31. The third-order valence-corrected chi connectivity index (χ3v) is 7.59. The Kier molecular flexibility index (Phi) is 6.60. The average molecular weight is 451 g/mol. The molecule has 2 aliphatic carbocycles. The van der Waals surface area contributed by atoms with Crippen LogP contribution in [0.5, 0.6) is 0 Å². The summed E-state index contributed by atoms with van der Waals surface area (Å²) >= 11 is 0. The highest BCUT2D eigenvalue weighted by Gasteiger charge is 2.65. The van der Waals surface area contributed by atoms with E-state index in [-0.39, 0.29) is 0 Å². The predicted octanol–water partition coefficient (Wildman–Crippen LogP) is 2.22. The summed E-state index contributed by atoms with van der Waals surface area (Å²) in [5.41, 5.74) is -1.37. The minimum atomic E-state index is -1.91. The fourth-order valence-electron chi connectivity index (χ4n) is 5.75. The summed E-state index contributed by atoms with van der Waals surface area (Å²) in [5, 5.41) is 23.5. The van der Waals surface area contributed by atoms with Gasteiger partial charge in [0.1, 0.15) is 17.8 Å². The molecule has 8 atom stereocenters. The molecule has 32 heavy (non-hydrogen) atoms. The highest BCUT2D eigenvalue weighted by Crippen LogP contribution is 2.54. The van der Waals surface area contributed by atoms with E-state index in [2.05, 4.69) is 0 Å². The molecule has 1 heterocycles. The molecule has 0 spiro atoms. The second-order valence-electron chi connectivity index (χ2n) is 9.69. The van der Waals surface area contributed by atoms with Crippen LogP contribution in [0, 0.1) is 17.3 Å². The van der Waals surface area contributed by atoms with E-state index in [1.54, 1.807) is 6.08 Å². The summed E-state index contributed by atoms with van der Waals surface area (Å²) in [4.78, 5) is 36.5. The van der Waals surface area contributed by atoms with Crippen LogP contribution in [0.25, 0.3) is 0 Å². The van der Waals surface area contributed by atoms with Crippen LogP contribution in [-0.4, -0.2) is 58.1 Å². The normalized spacial score (nSPS) is 43.6. The van der Waals surface area contributed by atoms with Crippen molar-refractivity contribution in [1.82, 2.24) is 0 Å². The minimum absolute atomic E-state index is 0.380. The first-order chi connectivity index (χ1) is 14.8. The Labute approximate surface area is 188 Å². The first kappa shape index (κ1) is 24.5. The molecule has 8 nitrogen and oxygen atoms in total. The molecule has 0 saturated carbocycles. The van der Waals surface area contributed by atoms with Crippen LogP contribution in [0.3, 0.4) is 0 Å². The van der Waals surface area contributed by atoms with Gasteiger partial charge in [0.05, 0.1) is 17.4 Å². The lowest BCUT2D eigenvalue weighted by Gasteiger charge is -2.54. The molecule has 0 amide bonds. The lowest BCUT2D eigenvalue weighted by Crippen LogP contribution is -2.64. The number of rotatable bonds is 2. The van der Waals surface area contributed by atoms with Gasteiger partial charge < -0.3 is 24.4 Å². The Morgan fingerprint density at radius 3 is 2.34 bits per heavy atom. The van der Waals surface area contributed by atoms with Crippen LogP contribution in [0.15, 0.2) is 23.3 Å². The van der Waals surface area contributed by atoms with Crippen molar-refractivity contribution in [2.45, 2.75) is 90.8 Å². The summed E-state index contributed by atoms with van der Waals surface area (Å²) < 4.78 is 16.9. The number of aliphatic hydroxyl groups excluding tert-OH is 1. The summed E-state index contributed by atoms with van der Waals surface area (Å²) in [6, 6.07) is 0. The van der Waals surface area contributed by atoms with Gasteiger partial charge in [0, 0.05) is 26.2 Å². The zero-order valence-corrected chi connectivity index (χ0v) is 19.6. The molecule has 3 rings (SSSR count). The molecular weight excluding hydrogens is 416 g/mol. The van der Waals surface area contributed by atoms with Crippen molar-refractivity contribution in [2.75, 3.05) is 0 Å². The molecule has 0 aromatic rings. The van der Waals surface area contributed by atoms with Crippen molar-refractivity contribution in [3.05, 3.63) is 23.3 Å². The number of allylic oxidation sites excluding steroid dienone is 1. The standard InChI is InChI=1S/C24H34O8/c1-12-7-9-17(30-15(4)25)23(6)18(31-16(5)26)10-8-13(2)20(23)21(27)24(29)14(3)22(28)32-19(24)11-12/h8,11,14,17-21,27,29H,7,9-10H2,1-6H3/b12-11-/t14-,17-,18-,19-,20+,21-,23-,24-/m0/s1. The minimum Gasteiger partial charge on any atom is -0.462 e. The van der Waals surface area contributed by atoms with Gasteiger partial charge in [-0.25, -0.2) is 0 Å². The lowest BCUT2D eigenvalue weighted by molar-refractivity contribution is -0.205. The Balaban J connectivity index is 2.24. The number of carbonyl (C=O) groups excluding carboxylic acids is 3. The van der Waals surface area contributed by atoms with E-state index in [0.717, 1.165) is 11.1 Å². The van der Waals surface area contributed by atoms with Crippen LogP contribution < -0.4 is 0 Å². The topological polar surface area (TPSA) is 119 Å². The second kappa shape index (κ2) is 8.63. The molecule has 8 heteroatoms. The maximum atomic E-state index is 12.5. The summed E-state index contributed by atoms with van der Waals surface area (Å²) in [7, 11) is 0. The highest BCUT2D eigenvalue weighted by molar-refractivity contribution is 5.77. The Hall–Kier alpha value is -2.19. The van der Waals surface area contributed by atoms with Crippen LogP contribution in [-0.2, 0) is 28.6 Å². The number of aliphatic hydroxyl groups is 2. The van der Waals surface area contributed by atoms with Gasteiger partial charge in [-0.2, -0.15) is 0 Å². The van der Waals surface area contributed by atoms with E-state index in [1.807, 2.05) is 26.8 Å². The molecule has 0 radical (unpaired) electrons. The predicted molar refractivity (Wildman–Crippen MR) is 114 cm³/mol. The van der Waals surface area contributed by atoms with E-state index in [0.29, 0.717) is 19.3 Å². The molecule has 0 bridgehead atoms. The molecule has 3 aliphatic rings. The van der Waals surface area contributed by atoms with Crippen molar-refractivity contribution < 1.29 is 38.8 Å². The first-order valence-corrected chi connectivity index (χ1v) is 11.1. The van der Waals surface area contributed by atoms with E-state index in [1.165, 1.54) is 20.8 Å². The van der Waals surface area contributed by atoms with Crippen molar-refractivity contribution in [1.29, 1.82) is 0 Å². The number of fused-ring (bicyclic) bond motifs is 2. The number of ether oxygens (including phenoxy) is 3. The van der Waals surface area contributed by atoms with E-state index < -0.39 is 65.2 Å². The van der Waals surface area contributed by atoms with Crippen LogP contribution in [0.4, 0.5) is 0 Å². The molecule has 1 aliphatic heterocycles. The molecule has 1 fully saturated rings. The number of carbonyl (C=O) groups is 3. The Morgan fingerprint density at radius 2 is 1.75 bits per heavy atom. The van der Waals surface area contributed by atoms with E-state index in [4.69, 9.17) is 14.2 Å². The van der Waals surface area contributed by atoms with E-state index in [9.17, 15) is 24.6 Å². The highest BCUT2D eigenvalue weighted by atomic mass is 16.6. The van der Waals surface area contributed by atoms with Crippen molar-refractivity contribution in [2.24, 2.45) is 17.3 Å². The van der Waals surface area contributed by atoms with Gasteiger partial charge in [-0.15, -0.1) is 0 Å². The maximum Gasteiger partial charge on any atom is 0.312 e. The number of hydrogen-bond acceptors (Lipinski definition) is 8. The third kappa shape index (κ3) is 3.88. The molecule has 0 unspecified atom stereocenters. The molecule has 0 aromatic heterocycles. The second-order valence-corrected chi connectivity index (χ2v) is 9.69. The SMILES string of the molecule is CC(=O)O[C@H]1CC=C(C)[C@@H]2[C@H](O)[C@@]3(O)[C@H](/C=C(/C)CC[C@H](OC(C)=O)[C@@]12C)OC(=O)[C@@H]3C. The van der Waals surface area contributed by atoms with Crippen molar-refractivity contribution in [3.8, 4) is 0 Å².